The molecule has 1 aromatic heterocycles. The first kappa shape index (κ1) is 11.7. The third-order valence-corrected chi connectivity index (χ3v) is 2.67. The molecule has 0 unspecified atom stereocenters. The lowest BCUT2D eigenvalue weighted by Gasteiger charge is -2.07. The van der Waals surface area contributed by atoms with Gasteiger partial charge in [0.05, 0.1) is 0 Å². The molecule has 17 heavy (non-hydrogen) atoms. The molecule has 0 amide bonds. The molecule has 4 heteroatoms. The normalized spacial score (nSPS) is 10.6. The van der Waals surface area contributed by atoms with Gasteiger partial charge in [-0.05, 0) is 44.3 Å². The number of nitrogens with one attached hydrogen (secondary N) is 1. The molecule has 0 saturated heterocycles. The van der Waals surface area contributed by atoms with Gasteiger partial charge in [0.15, 0.2) is 0 Å². The van der Waals surface area contributed by atoms with Crippen molar-refractivity contribution < 1.29 is 5.11 Å². The van der Waals surface area contributed by atoms with Crippen LogP contribution >= 0.6 is 0 Å². The molecule has 0 atom stereocenters. The number of imidazole rings is 1. The predicted octanol–water partition coefficient (Wildman–Crippen LogP) is 1.87. The van der Waals surface area contributed by atoms with E-state index in [2.05, 4.69) is 14.9 Å². The maximum absolute atomic E-state index is 9.26. The number of nitrogens with zero attached hydrogens (tertiary/aromatic N) is 2. The number of phenolic OH excluding ortho intramolecular Hbond substituents is 1. The molecule has 0 bridgehead atoms. The van der Waals surface area contributed by atoms with Gasteiger partial charge in [-0.1, -0.05) is 0 Å². The number of aryl methyl sites for hydroxylation is 1. The summed E-state index contributed by atoms with van der Waals surface area (Å²) in [5.74, 6) is 1.23. The zero-order valence-electron chi connectivity index (χ0n) is 9.93. The molecule has 2 N–H and O–H groups in total. The van der Waals surface area contributed by atoms with Gasteiger partial charge < -0.3 is 15.0 Å². The summed E-state index contributed by atoms with van der Waals surface area (Å²) in [6, 6.07) is 7.13. The minimum Gasteiger partial charge on any atom is -0.508 e. The van der Waals surface area contributed by atoms with Gasteiger partial charge in [0, 0.05) is 24.5 Å². The number of aromatic nitrogens is 2. The molecule has 90 valence electrons. The molecule has 2 rings (SSSR count). The average molecular weight is 231 g/mol. The first-order chi connectivity index (χ1) is 8.31. The third kappa shape index (κ3) is 2.85. The van der Waals surface area contributed by atoms with E-state index in [1.807, 2.05) is 31.6 Å². The van der Waals surface area contributed by atoms with Crippen LogP contribution in [0.2, 0.25) is 0 Å². The lowest BCUT2D eigenvalue weighted by Crippen LogP contribution is -2.11. The number of rotatable bonds is 5. The average Bonchev–Trinajstić information content (AvgIpc) is 2.79. The molecule has 1 aromatic carbocycles. The van der Waals surface area contributed by atoms with Gasteiger partial charge in [-0.2, -0.15) is 0 Å². The number of phenols is 1. The van der Waals surface area contributed by atoms with Crippen molar-refractivity contribution in [3.05, 3.63) is 36.7 Å². The van der Waals surface area contributed by atoms with Crippen LogP contribution in [-0.4, -0.2) is 28.3 Å². The molecule has 0 radical (unpaired) electrons. The largest absolute Gasteiger partial charge is 0.508 e. The molecule has 0 saturated carbocycles. The van der Waals surface area contributed by atoms with Gasteiger partial charge in [-0.25, -0.2) is 4.98 Å². The summed E-state index contributed by atoms with van der Waals surface area (Å²) in [6.07, 6.45) is 4.86. The van der Waals surface area contributed by atoms with Crippen LogP contribution in [0.5, 0.6) is 5.75 Å². The summed E-state index contributed by atoms with van der Waals surface area (Å²) in [5.41, 5.74) is 1.03. The Balaban J connectivity index is 2.15. The molecule has 0 spiro atoms. The second-order valence-corrected chi connectivity index (χ2v) is 3.95. The van der Waals surface area contributed by atoms with Crippen molar-refractivity contribution in [2.24, 2.45) is 0 Å². The van der Waals surface area contributed by atoms with Crippen molar-refractivity contribution in [3.63, 3.8) is 0 Å². The van der Waals surface area contributed by atoms with Crippen LogP contribution in [0.1, 0.15) is 6.42 Å². The highest BCUT2D eigenvalue weighted by Crippen LogP contribution is 2.20. The van der Waals surface area contributed by atoms with Crippen molar-refractivity contribution in [3.8, 4) is 17.1 Å². The first-order valence-corrected chi connectivity index (χ1v) is 5.76. The molecule has 2 aromatic rings. The Morgan fingerprint density at radius 1 is 1.29 bits per heavy atom. The minimum absolute atomic E-state index is 0.280. The highest BCUT2D eigenvalue weighted by atomic mass is 16.3. The van der Waals surface area contributed by atoms with E-state index < -0.39 is 0 Å². The Hall–Kier alpha value is -1.81. The molecule has 0 fully saturated rings. The zero-order valence-corrected chi connectivity index (χ0v) is 9.93. The maximum Gasteiger partial charge on any atom is 0.139 e. The molecule has 4 nitrogen and oxygen atoms in total. The maximum atomic E-state index is 9.26. The monoisotopic (exact) mass is 231 g/mol. The summed E-state index contributed by atoms with van der Waals surface area (Å²) in [5, 5.41) is 12.4. The van der Waals surface area contributed by atoms with E-state index in [1.165, 1.54) is 0 Å². The summed E-state index contributed by atoms with van der Waals surface area (Å²) < 4.78 is 2.13. The lowest BCUT2D eigenvalue weighted by molar-refractivity contribution is 0.475. The minimum atomic E-state index is 0.280. The Morgan fingerprint density at radius 2 is 2.06 bits per heavy atom. The standard InChI is InChI=1S/C13H17N3O/c1-14-7-2-9-16-10-8-15-13(16)11-3-5-12(17)6-4-11/h3-6,8,10,14,17H,2,7,9H2,1H3. The zero-order chi connectivity index (χ0) is 12.1. The van der Waals surface area contributed by atoms with Gasteiger partial charge in [0.2, 0.25) is 0 Å². The summed E-state index contributed by atoms with van der Waals surface area (Å²) in [7, 11) is 1.95. The second-order valence-electron chi connectivity index (χ2n) is 3.95. The molecular formula is C13H17N3O. The van der Waals surface area contributed by atoms with Crippen molar-refractivity contribution in [2.45, 2.75) is 13.0 Å². The van der Waals surface area contributed by atoms with Gasteiger partial charge in [0.25, 0.3) is 0 Å². The summed E-state index contributed by atoms with van der Waals surface area (Å²) >= 11 is 0. The number of aromatic hydroxyl groups is 1. The van der Waals surface area contributed by atoms with Crippen LogP contribution < -0.4 is 5.32 Å². The van der Waals surface area contributed by atoms with Gasteiger partial charge in [0.1, 0.15) is 11.6 Å². The smallest absolute Gasteiger partial charge is 0.139 e. The van der Waals surface area contributed by atoms with E-state index in [0.29, 0.717) is 0 Å². The quantitative estimate of drug-likeness (QED) is 0.772. The van der Waals surface area contributed by atoms with Crippen molar-refractivity contribution in [1.29, 1.82) is 0 Å². The van der Waals surface area contributed by atoms with Crippen LogP contribution in [0.25, 0.3) is 11.4 Å². The van der Waals surface area contributed by atoms with Crippen LogP contribution in [-0.2, 0) is 6.54 Å². The predicted molar refractivity (Wildman–Crippen MR) is 67.9 cm³/mol. The van der Waals surface area contributed by atoms with Crippen molar-refractivity contribution >= 4 is 0 Å². The van der Waals surface area contributed by atoms with E-state index in [1.54, 1.807) is 12.1 Å². The van der Waals surface area contributed by atoms with E-state index in [-0.39, 0.29) is 5.75 Å². The summed E-state index contributed by atoms with van der Waals surface area (Å²) in [4.78, 5) is 4.36. The Morgan fingerprint density at radius 3 is 2.76 bits per heavy atom. The lowest BCUT2D eigenvalue weighted by atomic mass is 10.2. The second kappa shape index (κ2) is 5.50. The van der Waals surface area contributed by atoms with E-state index in [4.69, 9.17) is 0 Å². The van der Waals surface area contributed by atoms with E-state index in [9.17, 15) is 5.11 Å². The molecule has 0 aliphatic rings. The Labute approximate surface area is 101 Å². The number of hydrogen-bond donors (Lipinski definition) is 2. The fourth-order valence-corrected chi connectivity index (χ4v) is 1.79. The van der Waals surface area contributed by atoms with E-state index in [0.717, 1.165) is 30.9 Å². The van der Waals surface area contributed by atoms with Gasteiger partial charge in [-0.15, -0.1) is 0 Å². The summed E-state index contributed by atoms with van der Waals surface area (Å²) in [6.45, 7) is 1.93. The van der Waals surface area contributed by atoms with E-state index >= 15 is 0 Å². The van der Waals surface area contributed by atoms with Gasteiger partial charge >= 0.3 is 0 Å². The molecule has 1 heterocycles. The SMILES string of the molecule is CNCCCn1ccnc1-c1ccc(O)cc1. The Bertz CT molecular complexity index is 462. The van der Waals surface area contributed by atoms with Crippen molar-refractivity contribution in [2.75, 3.05) is 13.6 Å². The highest BCUT2D eigenvalue weighted by Gasteiger charge is 2.05. The third-order valence-electron chi connectivity index (χ3n) is 2.67. The van der Waals surface area contributed by atoms with Crippen LogP contribution in [0, 0.1) is 0 Å². The first-order valence-electron chi connectivity index (χ1n) is 5.76. The molecular weight excluding hydrogens is 214 g/mol. The topological polar surface area (TPSA) is 50.1 Å². The van der Waals surface area contributed by atoms with Crippen LogP contribution in [0.4, 0.5) is 0 Å². The Kier molecular flexibility index (Phi) is 3.77. The number of benzene rings is 1. The molecule has 0 aliphatic carbocycles. The molecule has 0 aliphatic heterocycles. The fourth-order valence-electron chi connectivity index (χ4n) is 1.79. The fraction of sp³-hybridized carbons (Fsp3) is 0.308. The van der Waals surface area contributed by atoms with Crippen LogP contribution in [0.3, 0.4) is 0 Å². The number of hydrogen-bond acceptors (Lipinski definition) is 3. The highest BCUT2D eigenvalue weighted by molar-refractivity contribution is 5.56. The van der Waals surface area contributed by atoms with Crippen molar-refractivity contribution in [1.82, 2.24) is 14.9 Å². The van der Waals surface area contributed by atoms with Crippen LogP contribution in [0.15, 0.2) is 36.7 Å². The van der Waals surface area contributed by atoms with Gasteiger partial charge in [-0.3, -0.25) is 0 Å².